The Hall–Kier alpha value is -1.71. The Bertz CT molecular complexity index is 409. The van der Waals surface area contributed by atoms with Gasteiger partial charge in [0.05, 0.1) is 11.2 Å². The molecule has 0 unspecified atom stereocenters. The standard InChI is InChI=1S/C8H9N3.C2H6.CH2O/c1-6-3-4-11-8(6)7(2)9-5-10-11;2*1-2/h3-5H,1-2H3;1-2H3;1H2. The maximum absolute atomic E-state index is 8.00. The number of hydrogen-bond acceptors (Lipinski definition) is 3. The number of rotatable bonds is 0. The Labute approximate surface area is 90.0 Å². The zero-order chi connectivity index (χ0) is 11.8. The molecule has 2 rings (SSSR count). The minimum atomic E-state index is 1.03. The molecule has 0 saturated heterocycles. The van der Waals surface area contributed by atoms with Crippen LogP contribution in [0, 0.1) is 13.8 Å². The van der Waals surface area contributed by atoms with Crippen LogP contribution in [0.1, 0.15) is 25.1 Å². The lowest BCUT2D eigenvalue weighted by molar-refractivity contribution is -0.0979. The fourth-order valence-corrected chi connectivity index (χ4v) is 1.29. The summed E-state index contributed by atoms with van der Waals surface area (Å²) in [5, 5.41) is 4.07. The molecule has 0 saturated carbocycles. The molecule has 15 heavy (non-hydrogen) atoms. The predicted molar refractivity (Wildman–Crippen MR) is 60.9 cm³/mol. The van der Waals surface area contributed by atoms with Crippen molar-refractivity contribution in [2.24, 2.45) is 0 Å². The number of aryl methyl sites for hydroxylation is 2. The van der Waals surface area contributed by atoms with E-state index in [-0.39, 0.29) is 0 Å². The Morgan fingerprint density at radius 3 is 2.40 bits per heavy atom. The van der Waals surface area contributed by atoms with Crippen LogP contribution in [0.25, 0.3) is 5.52 Å². The molecule has 82 valence electrons. The lowest BCUT2D eigenvalue weighted by Gasteiger charge is -1.96. The van der Waals surface area contributed by atoms with Gasteiger partial charge in [0.15, 0.2) is 0 Å². The maximum atomic E-state index is 8.00. The summed E-state index contributed by atoms with van der Waals surface area (Å²) in [6.45, 7) is 10.1. The Balaban J connectivity index is 0.000000442. The highest BCUT2D eigenvalue weighted by Crippen LogP contribution is 2.11. The van der Waals surface area contributed by atoms with Gasteiger partial charge in [-0.2, -0.15) is 5.10 Å². The van der Waals surface area contributed by atoms with Crippen molar-refractivity contribution in [1.29, 1.82) is 0 Å². The van der Waals surface area contributed by atoms with Gasteiger partial charge < -0.3 is 4.79 Å². The first-order valence-electron chi connectivity index (χ1n) is 4.83. The van der Waals surface area contributed by atoms with Gasteiger partial charge in [-0.1, -0.05) is 13.8 Å². The first-order chi connectivity index (χ1) is 7.29. The summed E-state index contributed by atoms with van der Waals surface area (Å²) >= 11 is 0. The maximum Gasteiger partial charge on any atom is 0.136 e. The van der Waals surface area contributed by atoms with E-state index in [4.69, 9.17) is 4.79 Å². The van der Waals surface area contributed by atoms with E-state index < -0.39 is 0 Å². The van der Waals surface area contributed by atoms with Gasteiger partial charge in [0.1, 0.15) is 13.1 Å². The highest BCUT2D eigenvalue weighted by molar-refractivity contribution is 5.57. The fourth-order valence-electron chi connectivity index (χ4n) is 1.29. The molecule has 0 aliphatic heterocycles. The van der Waals surface area contributed by atoms with Crippen molar-refractivity contribution in [3.8, 4) is 0 Å². The smallest absolute Gasteiger partial charge is 0.136 e. The van der Waals surface area contributed by atoms with Gasteiger partial charge >= 0.3 is 0 Å². The molecule has 0 fully saturated rings. The molecule has 0 atom stereocenters. The van der Waals surface area contributed by atoms with Gasteiger partial charge in [-0.25, -0.2) is 9.50 Å². The molecule has 0 aromatic carbocycles. The second-order valence-electron chi connectivity index (χ2n) is 2.64. The van der Waals surface area contributed by atoms with Crippen LogP contribution < -0.4 is 0 Å². The third-order valence-electron chi connectivity index (χ3n) is 1.84. The highest BCUT2D eigenvalue weighted by atomic mass is 16.1. The van der Waals surface area contributed by atoms with E-state index in [1.165, 1.54) is 5.56 Å². The topological polar surface area (TPSA) is 47.3 Å². The summed E-state index contributed by atoms with van der Waals surface area (Å²) in [4.78, 5) is 12.1. The summed E-state index contributed by atoms with van der Waals surface area (Å²) < 4.78 is 1.84. The molecular weight excluding hydrogens is 190 g/mol. The Kier molecular flexibility index (Phi) is 5.94. The van der Waals surface area contributed by atoms with E-state index in [2.05, 4.69) is 17.0 Å². The van der Waals surface area contributed by atoms with Crippen LogP contribution in [0.5, 0.6) is 0 Å². The van der Waals surface area contributed by atoms with Crippen LogP contribution in [-0.4, -0.2) is 21.4 Å². The van der Waals surface area contributed by atoms with Crippen molar-refractivity contribution in [3.05, 3.63) is 29.8 Å². The van der Waals surface area contributed by atoms with E-state index in [9.17, 15) is 0 Å². The van der Waals surface area contributed by atoms with Gasteiger partial charge in [-0.05, 0) is 25.5 Å². The van der Waals surface area contributed by atoms with Gasteiger partial charge in [-0.3, -0.25) is 0 Å². The minimum absolute atomic E-state index is 1.03. The van der Waals surface area contributed by atoms with Crippen LogP contribution in [-0.2, 0) is 4.79 Å². The quantitative estimate of drug-likeness (QED) is 0.665. The molecule has 2 aromatic rings. The third kappa shape index (κ3) is 2.87. The number of fused-ring (bicyclic) bond motifs is 1. The average Bonchev–Trinajstić information content (AvgIpc) is 2.68. The summed E-state index contributed by atoms with van der Waals surface area (Å²) in [5.41, 5.74) is 3.37. The van der Waals surface area contributed by atoms with Crippen molar-refractivity contribution in [3.63, 3.8) is 0 Å². The molecule has 0 spiro atoms. The van der Waals surface area contributed by atoms with Gasteiger partial charge in [0.25, 0.3) is 0 Å². The van der Waals surface area contributed by atoms with Crippen molar-refractivity contribution in [1.82, 2.24) is 14.6 Å². The number of aromatic nitrogens is 3. The third-order valence-corrected chi connectivity index (χ3v) is 1.84. The van der Waals surface area contributed by atoms with Gasteiger partial charge in [0.2, 0.25) is 0 Å². The lowest BCUT2D eigenvalue weighted by Crippen LogP contribution is -1.94. The normalized spacial score (nSPS) is 8.53. The molecule has 2 aromatic heterocycles. The molecule has 0 amide bonds. The number of nitrogens with zero attached hydrogens (tertiary/aromatic N) is 3. The summed E-state index contributed by atoms with van der Waals surface area (Å²) in [7, 11) is 0. The largest absolute Gasteiger partial charge is 0.307 e. The molecular formula is C11H17N3O. The SMILES string of the molecule is C=O.CC.Cc1ccn2ncnc(C)c12. The molecule has 2 heterocycles. The van der Waals surface area contributed by atoms with E-state index >= 15 is 0 Å². The van der Waals surface area contributed by atoms with E-state index in [1.807, 2.05) is 44.3 Å². The molecule has 0 bridgehead atoms. The minimum Gasteiger partial charge on any atom is -0.307 e. The van der Waals surface area contributed by atoms with E-state index in [0.717, 1.165) is 11.2 Å². The summed E-state index contributed by atoms with van der Waals surface area (Å²) in [6, 6.07) is 2.04. The van der Waals surface area contributed by atoms with Crippen molar-refractivity contribution >= 4 is 12.3 Å². The Morgan fingerprint density at radius 1 is 1.27 bits per heavy atom. The molecule has 4 nitrogen and oxygen atoms in total. The number of carbonyl (C=O) groups excluding carboxylic acids is 1. The molecule has 0 N–H and O–H groups in total. The van der Waals surface area contributed by atoms with Crippen LogP contribution in [0.2, 0.25) is 0 Å². The number of hydrogen-bond donors (Lipinski definition) is 0. The zero-order valence-corrected chi connectivity index (χ0v) is 9.69. The molecule has 0 aliphatic carbocycles. The van der Waals surface area contributed by atoms with Crippen LogP contribution >= 0.6 is 0 Å². The first-order valence-corrected chi connectivity index (χ1v) is 4.83. The fraction of sp³-hybridized carbons (Fsp3) is 0.364. The van der Waals surface area contributed by atoms with Crippen LogP contribution in [0.4, 0.5) is 0 Å². The second kappa shape index (κ2) is 6.70. The highest BCUT2D eigenvalue weighted by Gasteiger charge is 2.00. The van der Waals surface area contributed by atoms with Crippen molar-refractivity contribution < 1.29 is 4.79 Å². The molecule has 0 aliphatic rings. The Morgan fingerprint density at radius 2 is 1.87 bits per heavy atom. The molecule has 4 heteroatoms. The monoisotopic (exact) mass is 207 g/mol. The summed E-state index contributed by atoms with van der Waals surface area (Å²) in [5.74, 6) is 0. The average molecular weight is 207 g/mol. The van der Waals surface area contributed by atoms with E-state index in [1.54, 1.807) is 6.33 Å². The van der Waals surface area contributed by atoms with Crippen molar-refractivity contribution in [2.75, 3.05) is 0 Å². The van der Waals surface area contributed by atoms with Crippen LogP contribution in [0.15, 0.2) is 18.6 Å². The second-order valence-corrected chi connectivity index (χ2v) is 2.64. The van der Waals surface area contributed by atoms with E-state index in [0.29, 0.717) is 0 Å². The van der Waals surface area contributed by atoms with Gasteiger partial charge in [-0.15, -0.1) is 0 Å². The van der Waals surface area contributed by atoms with Crippen molar-refractivity contribution in [2.45, 2.75) is 27.7 Å². The van der Waals surface area contributed by atoms with Gasteiger partial charge in [0, 0.05) is 6.20 Å². The summed E-state index contributed by atoms with van der Waals surface area (Å²) in [6.07, 6.45) is 3.51. The lowest BCUT2D eigenvalue weighted by atomic mass is 10.3. The van der Waals surface area contributed by atoms with Crippen LogP contribution in [0.3, 0.4) is 0 Å². The molecule has 0 radical (unpaired) electrons. The first kappa shape index (κ1) is 13.3. The zero-order valence-electron chi connectivity index (χ0n) is 9.69. The number of carbonyl (C=O) groups is 1. The predicted octanol–water partition coefficient (Wildman–Crippen LogP) is 2.19.